The second kappa shape index (κ2) is 6.05. The third-order valence-electron chi connectivity index (χ3n) is 3.51. The lowest BCUT2D eigenvalue weighted by molar-refractivity contribution is -0.144. The van der Waals surface area contributed by atoms with E-state index in [4.69, 9.17) is 37.9 Å². The minimum absolute atomic E-state index is 0.115. The van der Waals surface area contributed by atoms with Crippen molar-refractivity contribution < 1.29 is 37.9 Å². The maximum absolute atomic E-state index is 5.69. The van der Waals surface area contributed by atoms with Crippen molar-refractivity contribution in [2.45, 2.75) is 25.2 Å². The van der Waals surface area contributed by atoms with E-state index in [0.29, 0.717) is 52.9 Å². The molecule has 0 aliphatic carbocycles. The zero-order chi connectivity index (χ0) is 14.1. The molecule has 8 heteroatoms. The Kier molecular flexibility index (Phi) is 4.12. The van der Waals surface area contributed by atoms with E-state index >= 15 is 0 Å². The molecular formula is C13H20O8. The summed E-state index contributed by atoms with van der Waals surface area (Å²) in [4.78, 5) is 0. The minimum atomic E-state index is -0.421. The van der Waals surface area contributed by atoms with Crippen LogP contribution < -0.4 is 0 Å². The van der Waals surface area contributed by atoms with Gasteiger partial charge in [0.2, 0.25) is 0 Å². The summed E-state index contributed by atoms with van der Waals surface area (Å²) < 4.78 is 43.2. The van der Waals surface area contributed by atoms with Crippen LogP contribution >= 0.6 is 0 Å². The summed E-state index contributed by atoms with van der Waals surface area (Å²) in [6.45, 7) is 4.30. The molecule has 0 bridgehead atoms. The summed E-state index contributed by atoms with van der Waals surface area (Å²) in [7, 11) is 0. The molecule has 0 aromatic carbocycles. The van der Waals surface area contributed by atoms with Crippen LogP contribution in [-0.2, 0) is 37.9 Å². The molecule has 0 N–H and O–H groups in total. The van der Waals surface area contributed by atoms with E-state index in [1.807, 2.05) is 0 Å². The number of hydrogen-bond donors (Lipinski definition) is 0. The molecule has 0 radical (unpaired) electrons. The lowest BCUT2D eigenvalue weighted by atomic mass is 9.92. The fourth-order valence-electron chi connectivity index (χ4n) is 1.87. The monoisotopic (exact) mass is 304 g/mol. The number of epoxide rings is 4. The largest absolute Gasteiger partial charge is 0.349 e. The van der Waals surface area contributed by atoms with Gasteiger partial charge in [0.15, 0.2) is 25.2 Å². The number of rotatable bonds is 12. The van der Waals surface area contributed by atoms with Gasteiger partial charge in [-0.15, -0.1) is 0 Å². The Morgan fingerprint density at radius 2 is 0.810 bits per heavy atom. The second-order valence-electron chi connectivity index (χ2n) is 5.80. The van der Waals surface area contributed by atoms with E-state index in [0.717, 1.165) is 0 Å². The summed E-state index contributed by atoms with van der Waals surface area (Å²) in [6.07, 6.45) is -0.460. The molecule has 0 spiro atoms. The lowest BCUT2D eigenvalue weighted by Crippen LogP contribution is -2.43. The average molecular weight is 304 g/mol. The smallest absolute Gasteiger partial charge is 0.181 e. The highest BCUT2D eigenvalue weighted by Gasteiger charge is 2.41. The van der Waals surface area contributed by atoms with Crippen LogP contribution in [0.5, 0.6) is 0 Å². The Morgan fingerprint density at radius 3 is 1.00 bits per heavy atom. The van der Waals surface area contributed by atoms with Gasteiger partial charge in [-0.05, 0) is 0 Å². The molecule has 21 heavy (non-hydrogen) atoms. The predicted molar refractivity (Wildman–Crippen MR) is 65.2 cm³/mol. The van der Waals surface area contributed by atoms with Crippen LogP contribution in [0.15, 0.2) is 0 Å². The average Bonchev–Trinajstić information content (AvgIpc) is 3.39. The molecule has 0 saturated carbocycles. The predicted octanol–water partition coefficient (Wildman–Crippen LogP) is -0.536. The molecule has 4 saturated heterocycles. The van der Waals surface area contributed by atoms with Gasteiger partial charge >= 0.3 is 0 Å². The SMILES string of the molecule is C1OC1OCC(COC1CO1)(COC1CO1)COC1CO1. The van der Waals surface area contributed by atoms with Gasteiger partial charge in [0.25, 0.3) is 0 Å². The van der Waals surface area contributed by atoms with Crippen molar-refractivity contribution in [1.29, 1.82) is 0 Å². The lowest BCUT2D eigenvalue weighted by Gasteiger charge is -2.32. The standard InChI is InChI=1S/C13H20O8/c1-9(14-1)18-5-13(6-19-10-2-15-10,7-20-11-3-16-11)8-21-12-4-17-12/h9-12H,1-8H2. The first-order valence-electron chi connectivity index (χ1n) is 7.24. The van der Waals surface area contributed by atoms with Crippen molar-refractivity contribution in [2.75, 3.05) is 52.9 Å². The maximum atomic E-state index is 5.69. The molecule has 0 amide bonds. The summed E-state index contributed by atoms with van der Waals surface area (Å²) in [5, 5.41) is 0. The first-order valence-corrected chi connectivity index (χ1v) is 7.24. The van der Waals surface area contributed by atoms with E-state index in [1.165, 1.54) is 0 Å². The quantitative estimate of drug-likeness (QED) is 0.445. The van der Waals surface area contributed by atoms with E-state index in [9.17, 15) is 0 Å². The van der Waals surface area contributed by atoms with Gasteiger partial charge < -0.3 is 37.9 Å². The topological polar surface area (TPSA) is 87.0 Å². The van der Waals surface area contributed by atoms with Crippen LogP contribution in [0.1, 0.15) is 0 Å². The van der Waals surface area contributed by atoms with Crippen molar-refractivity contribution in [3.05, 3.63) is 0 Å². The van der Waals surface area contributed by atoms with Crippen LogP contribution in [-0.4, -0.2) is 78.0 Å². The molecule has 4 fully saturated rings. The zero-order valence-electron chi connectivity index (χ0n) is 11.7. The van der Waals surface area contributed by atoms with E-state index in [-0.39, 0.29) is 25.2 Å². The second-order valence-corrected chi connectivity index (χ2v) is 5.80. The molecule has 0 aromatic heterocycles. The third-order valence-corrected chi connectivity index (χ3v) is 3.51. The van der Waals surface area contributed by atoms with Crippen molar-refractivity contribution in [2.24, 2.45) is 5.41 Å². The van der Waals surface area contributed by atoms with Gasteiger partial charge in [-0.2, -0.15) is 0 Å². The van der Waals surface area contributed by atoms with Crippen molar-refractivity contribution in [1.82, 2.24) is 0 Å². The highest BCUT2D eigenvalue weighted by atomic mass is 16.8. The zero-order valence-corrected chi connectivity index (χ0v) is 11.7. The van der Waals surface area contributed by atoms with E-state index in [1.54, 1.807) is 0 Å². The summed E-state index contributed by atoms with van der Waals surface area (Å²) >= 11 is 0. The molecule has 4 aliphatic rings. The van der Waals surface area contributed by atoms with E-state index in [2.05, 4.69) is 0 Å². The molecule has 120 valence electrons. The number of hydrogen-bond acceptors (Lipinski definition) is 8. The molecule has 0 aromatic rings. The van der Waals surface area contributed by atoms with Gasteiger partial charge in [-0.25, -0.2) is 0 Å². The molecule has 4 atom stereocenters. The van der Waals surface area contributed by atoms with Crippen molar-refractivity contribution in [3.63, 3.8) is 0 Å². The third kappa shape index (κ3) is 4.83. The first-order chi connectivity index (χ1) is 10.3. The normalized spacial score (nSPS) is 38.9. The van der Waals surface area contributed by atoms with Gasteiger partial charge in [0, 0.05) is 0 Å². The van der Waals surface area contributed by atoms with Crippen LogP contribution in [0.3, 0.4) is 0 Å². The maximum Gasteiger partial charge on any atom is 0.181 e. The Bertz CT molecular complexity index is 279. The highest BCUT2D eigenvalue weighted by molar-refractivity contribution is 4.82. The highest BCUT2D eigenvalue weighted by Crippen LogP contribution is 2.29. The fourth-order valence-corrected chi connectivity index (χ4v) is 1.87. The van der Waals surface area contributed by atoms with E-state index < -0.39 is 5.41 Å². The summed E-state index contributed by atoms with van der Waals surface area (Å²) in [5.74, 6) is 0. The Hall–Kier alpha value is -0.320. The van der Waals surface area contributed by atoms with Crippen LogP contribution in [0.4, 0.5) is 0 Å². The Balaban J connectivity index is 1.34. The first kappa shape index (κ1) is 14.3. The van der Waals surface area contributed by atoms with Crippen LogP contribution in [0.2, 0.25) is 0 Å². The molecule has 4 aliphatic heterocycles. The molecule has 4 rings (SSSR count). The number of ether oxygens (including phenoxy) is 8. The van der Waals surface area contributed by atoms with Gasteiger partial charge in [0.1, 0.15) is 26.4 Å². The molecular weight excluding hydrogens is 284 g/mol. The fraction of sp³-hybridized carbons (Fsp3) is 1.00. The van der Waals surface area contributed by atoms with Crippen LogP contribution in [0, 0.1) is 5.41 Å². The molecule has 4 heterocycles. The van der Waals surface area contributed by atoms with Crippen LogP contribution in [0.25, 0.3) is 0 Å². The molecule has 8 nitrogen and oxygen atoms in total. The van der Waals surface area contributed by atoms with Crippen molar-refractivity contribution in [3.8, 4) is 0 Å². The van der Waals surface area contributed by atoms with Crippen molar-refractivity contribution >= 4 is 0 Å². The summed E-state index contributed by atoms with van der Waals surface area (Å²) in [5.41, 5.74) is -0.421. The Morgan fingerprint density at radius 1 is 0.571 bits per heavy atom. The molecule has 4 unspecified atom stereocenters. The minimum Gasteiger partial charge on any atom is -0.349 e. The Labute approximate surface area is 122 Å². The van der Waals surface area contributed by atoms with Gasteiger partial charge in [-0.1, -0.05) is 0 Å². The van der Waals surface area contributed by atoms with Gasteiger partial charge in [-0.3, -0.25) is 0 Å². The van der Waals surface area contributed by atoms with Gasteiger partial charge in [0.05, 0.1) is 31.8 Å². The summed E-state index contributed by atoms with van der Waals surface area (Å²) in [6, 6.07) is 0.